The Morgan fingerprint density at radius 2 is 1.83 bits per heavy atom. The summed E-state index contributed by atoms with van der Waals surface area (Å²) in [4.78, 5) is 30.2. The molecular weight excluding hydrogens is 588 g/mol. The number of likely N-dealkylation sites (N-methyl/N-ethyl adjacent to an activating group) is 1. The minimum atomic E-state index is -0.577. The summed E-state index contributed by atoms with van der Waals surface area (Å²) in [5, 5.41) is 25.6. The molecule has 1 saturated heterocycles. The Morgan fingerprint density at radius 1 is 1.09 bits per heavy atom. The van der Waals surface area contributed by atoms with Crippen molar-refractivity contribution >= 4 is 11.9 Å². The summed E-state index contributed by atoms with van der Waals surface area (Å²) in [6.07, 6.45) is 0.927. The predicted molar refractivity (Wildman–Crippen MR) is 166 cm³/mol. The van der Waals surface area contributed by atoms with E-state index in [9.17, 15) is 20.0 Å². The van der Waals surface area contributed by atoms with Gasteiger partial charge in [0.05, 0.1) is 25.3 Å². The molecule has 11 heteroatoms. The SMILES string of the molecule is COc1c(C)cc2c(c1O)[C@@H]1C3Cc4c(OC(C)=O)c(C)c5c(c4[C@H](CNC(=O)c4ccccc4)N3C(C#N)[C@H](C2)N1C)OCO5. The number of hydrogen-bond donors (Lipinski definition) is 2. The number of carbonyl (C=O) groups is 2. The van der Waals surface area contributed by atoms with E-state index in [4.69, 9.17) is 18.9 Å². The third-order valence-corrected chi connectivity index (χ3v) is 10.0. The molecule has 1 fully saturated rings. The van der Waals surface area contributed by atoms with Gasteiger partial charge in [-0.2, -0.15) is 5.26 Å². The number of ether oxygens (including phenoxy) is 4. The molecule has 1 amide bonds. The smallest absolute Gasteiger partial charge is 0.308 e. The highest BCUT2D eigenvalue weighted by molar-refractivity contribution is 5.94. The molecule has 2 unspecified atom stereocenters. The molecule has 11 nitrogen and oxygen atoms in total. The van der Waals surface area contributed by atoms with Crippen molar-refractivity contribution in [2.24, 2.45) is 0 Å². The van der Waals surface area contributed by atoms with Gasteiger partial charge in [0, 0.05) is 53.4 Å². The number of nitrogens with one attached hydrogen (secondary N) is 1. The molecule has 0 spiro atoms. The molecular formula is C35H36N4O7. The Balaban J connectivity index is 1.44. The van der Waals surface area contributed by atoms with Gasteiger partial charge in [0.1, 0.15) is 11.8 Å². The van der Waals surface area contributed by atoms with Crippen LogP contribution in [0.15, 0.2) is 36.4 Å². The molecule has 0 aliphatic carbocycles. The third kappa shape index (κ3) is 4.39. The molecule has 238 valence electrons. The fraction of sp³-hybridized carbons (Fsp3) is 0.400. The number of rotatable bonds is 5. The van der Waals surface area contributed by atoms with Crippen LogP contribution in [0.5, 0.6) is 28.7 Å². The van der Waals surface area contributed by atoms with Gasteiger partial charge in [0.15, 0.2) is 23.0 Å². The van der Waals surface area contributed by atoms with Crippen LogP contribution < -0.4 is 24.3 Å². The van der Waals surface area contributed by atoms with Crippen molar-refractivity contribution in [3.8, 4) is 34.8 Å². The topological polar surface area (TPSA) is 134 Å². The van der Waals surface area contributed by atoms with Crippen molar-refractivity contribution in [1.29, 1.82) is 5.26 Å². The highest BCUT2D eigenvalue weighted by Gasteiger charge is 2.56. The molecule has 3 aromatic rings. The number of nitrogens with zero attached hydrogens (tertiary/aromatic N) is 3. The number of fused-ring (bicyclic) bond motifs is 9. The first-order valence-corrected chi connectivity index (χ1v) is 15.4. The summed E-state index contributed by atoms with van der Waals surface area (Å²) in [7, 11) is 3.53. The molecule has 4 aliphatic rings. The second kappa shape index (κ2) is 11.2. The standard InChI is InChI=1S/C35H36N4O7/c1-17-11-21-12-23-25(14-36)39-24(29(38(23)4)27(21)30(41)31(17)43-5)13-22-28(26(39)15-37-35(42)20-9-7-6-8-10-20)34-33(44-16-45-34)18(2)32(22)46-19(3)40/h6-11,23-26,29,41H,12-13,15-16H2,1-5H3,(H,37,42)/t23-,24?,25?,26-,29-/m0/s1. The fourth-order valence-electron chi connectivity index (χ4n) is 8.19. The summed E-state index contributed by atoms with van der Waals surface area (Å²) < 4.78 is 23.5. The number of phenolic OH excluding ortho intramolecular Hbond substituents is 1. The maximum absolute atomic E-state index is 13.4. The van der Waals surface area contributed by atoms with E-state index < -0.39 is 18.1 Å². The lowest BCUT2D eigenvalue weighted by Gasteiger charge is -2.60. The maximum Gasteiger partial charge on any atom is 0.308 e. The number of phenols is 1. The van der Waals surface area contributed by atoms with Crippen LogP contribution in [-0.2, 0) is 17.6 Å². The van der Waals surface area contributed by atoms with E-state index in [2.05, 4.69) is 21.2 Å². The van der Waals surface area contributed by atoms with E-state index in [1.165, 1.54) is 6.92 Å². The highest BCUT2D eigenvalue weighted by atomic mass is 16.7. The van der Waals surface area contributed by atoms with Crippen LogP contribution in [0.4, 0.5) is 0 Å². The summed E-state index contributed by atoms with van der Waals surface area (Å²) >= 11 is 0. The van der Waals surface area contributed by atoms with Gasteiger partial charge in [-0.05, 0) is 57.0 Å². The molecule has 46 heavy (non-hydrogen) atoms. The molecule has 2 N–H and O–H groups in total. The predicted octanol–water partition coefficient (Wildman–Crippen LogP) is 3.87. The molecule has 0 saturated carbocycles. The molecule has 5 atom stereocenters. The number of esters is 1. The number of piperazine rings is 1. The number of methoxy groups -OCH3 is 1. The molecule has 2 bridgehead atoms. The number of amides is 1. The maximum atomic E-state index is 13.4. The first kappa shape index (κ1) is 29.9. The molecule has 0 radical (unpaired) electrons. The quantitative estimate of drug-likeness (QED) is 0.318. The number of aromatic hydroxyl groups is 1. The van der Waals surface area contributed by atoms with Gasteiger partial charge in [0.25, 0.3) is 5.91 Å². The van der Waals surface area contributed by atoms with Crippen molar-refractivity contribution in [2.45, 2.75) is 63.8 Å². The van der Waals surface area contributed by atoms with E-state index >= 15 is 0 Å². The Kier molecular flexibility index (Phi) is 7.30. The van der Waals surface area contributed by atoms with Crippen LogP contribution >= 0.6 is 0 Å². The summed E-state index contributed by atoms with van der Waals surface area (Å²) in [6.45, 7) is 5.24. The van der Waals surface area contributed by atoms with Crippen molar-refractivity contribution in [1.82, 2.24) is 15.1 Å². The Labute approximate surface area is 267 Å². The second-order valence-corrected chi connectivity index (χ2v) is 12.4. The fourth-order valence-corrected chi connectivity index (χ4v) is 8.19. The van der Waals surface area contributed by atoms with Crippen molar-refractivity contribution in [2.75, 3.05) is 27.5 Å². The van der Waals surface area contributed by atoms with Gasteiger partial charge < -0.3 is 29.4 Å². The minimum Gasteiger partial charge on any atom is -0.504 e. The van der Waals surface area contributed by atoms with Gasteiger partial charge in [-0.3, -0.25) is 19.4 Å². The van der Waals surface area contributed by atoms with Crippen LogP contribution in [-0.4, -0.2) is 72.4 Å². The summed E-state index contributed by atoms with van der Waals surface area (Å²) in [5.41, 5.74) is 5.20. The van der Waals surface area contributed by atoms with Crippen LogP contribution in [0.2, 0.25) is 0 Å². The van der Waals surface area contributed by atoms with Crippen molar-refractivity contribution in [3.05, 3.63) is 75.3 Å². The van der Waals surface area contributed by atoms with E-state index in [1.54, 1.807) is 31.4 Å². The zero-order valence-electron chi connectivity index (χ0n) is 26.4. The van der Waals surface area contributed by atoms with Crippen molar-refractivity contribution in [3.63, 3.8) is 0 Å². The van der Waals surface area contributed by atoms with Crippen LogP contribution in [0.3, 0.4) is 0 Å². The number of benzene rings is 3. The van der Waals surface area contributed by atoms with Crippen molar-refractivity contribution < 1.29 is 33.6 Å². The second-order valence-electron chi connectivity index (χ2n) is 12.4. The van der Waals surface area contributed by atoms with Crippen LogP contribution in [0, 0.1) is 25.2 Å². The number of hydrogen-bond acceptors (Lipinski definition) is 10. The third-order valence-electron chi connectivity index (χ3n) is 10.0. The molecule has 0 aromatic heterocycles. The largest absolute Gasteiger partial charge is 0.504 e. The average Bonchev–Trinajstić information content (AvgIpc) is 3.53. The Bertz CT molecular complexity index is 1800. The zero-order chi connectivity index (χ0) is 32.4. The molecule has 3 aromatic carbocycles. The van der Waals surface area contributed by atoms with Gasteiger partial charge in [-0.25, -0.2) is 0 Å². The monoisotopic (exact) mass is 624 g/mol. The van der Waals surface area contributed by atoms with E-state index in [-0.39, 0.29) is 43.1 Å². The lowest BCUT2D eigenvalue weighted by Crippen LogP contribution is -2.68. The molecule has 4 heterocycles. The van der Waals surface area contributed by atoms with E-state index in [0.717, 1.165) is 27.8 Å². The highest BCUT2D eigenvalue weighted by Crippen LogP contribution is 2.58. The lowest BCUT2D eigenvalue weighted by molar-refractivity contribution is -0.132. The van der Waals surface area contributed by atoms with Crippen LogP contribution in [0.25, 0.3) is 0 Å². The van der Waals surface area contributed by atoms with Gasteiger partial charge >= 0.3 is 5.97 Å². The molecule has 7 rings (SSSR count). The normalized spacial score (nSPS) is 24.2. The van der Waals surface area contributed by atoms with Gasteiger partial charge in [-0.15, -0.1) is 0 Å². The summed E-state index contributed by atoms with van der Waals surface area (Å²) in [5.74, 6) is 1.19. The lowest BCUT2D eigenvalue weighted by atomic mass is 9.71. The average molecular weight is 625 g/mol. The number of carbonyl (C=O) groups excluding carboxylic acids is 2. The Hall–Kier alpha value is -4.79. The van der Waals surface area contributed by atoms with Crippen LogP contribution in [0.1, 0.15) is 62.7 Å². The Morgan fingerprint density at radius 3 is 2.52 bits per heavy atom. The molecule has 4 aliphatic heterocycles. The van der Waals surface area contributed by atoms with Gasteiger partial charge in [-0.1, -0.05) is 24.3 Å². The summed E-state index contributed by atoms with van der Waals surface area (Å²) in [6, 6.07) is 11.6. The first-order valence-electron chi connectivity index (χ1n) is 15.4. The zero-order valence-corrected chi connectivity index (χ0v) is 26.4. The minimum absolute atomic E-state index is 0.00524. The van der Waals surface area contributed by atoms with E-state index in [1.807, 2.05) is 33.0 Å². The number of nitriles is 1. The van der Waals surface area contributed by atoms with E-state index in [0.29, 0.717) is 47.0 Å². The first-order chi connectivity index (χ1) is 22.2. The van der Waals surface area contributed by atoms with Gasteiger partial charge in [0.2, 0.25) is 6.79 Å². The number of aryl methyl sites for hydroxylation is 1.